The Kier molecular flexibility index (Phi) is 6.68. The van der Waals surface area contributed by atoms with Crippen molar-refractivity contribution in [3.8, 4) is 5.75 Å². The highest BCUT2D eigenvalue weighted by Crippen LogP contribution is 2.28. The third kappa shape index (κ3) is 5.34. The van der Waals surface area contributed by atoms with Crippen molar-refractivity contribution >= 4 is 11.6 Å². The molecule has 2 nitrogen and oxygen atoms in total. The third-order valence-electron chi connectivity index (χ3n) is 4.02. The van der Waals surface area contributed by atoms with Gasteiger partial charge in [0.05, 0.1) is 0 Å². The number of hydrogen-bond acceptors (Lipinski definition) is 2. The Balaban J connectivity index is 1.82. The molecule has 0 aromatic heterocycles. The van der Waals surface area contributed by atoms with E-state index in [1.807, 2.05) is 24.3 Å². The summed E-state index contributed by atoms with van der Waals surface area (Å²) in [5.41, 5.74) is 0. The molecule has 112 valence electrons. The van der Waals surface area contributed by atoms with Crippen LogP contribution in [0.3, 0.4) is 0 Å². The fraction of sp³-hybridized carbons (Fsp3) is 0.647. The third-order valence-corrected chi connectivity index (χ3v) is 4.26. The molecule has 0 amide bonds. The summed E-state index contributed by atoms with van der Waals surface area (Å²) in [5, 5.41) is 4.36. The summed E-state index contributed by atoms with van der Waals surface area (Å²) >= 11 is 5.99. The van der Waals surface area contributed by atoms with Crippen LogP contribution in [0.1, 0.15) is 45.4 Å². The molecule has 3 heteroatoms. The molecule has 1 aromatic rings. The molecule has 0 bridgehead atoms. The molecule has 1 aliphatic carbocycles. The summed E-state index contributed by atoms with van der Waals surface area (Å²) in [6, 6.07) is 8.12. The van der Waals surface area contributed by atoms with E-state index in [4.69, 9.17) is 16.3 Å². The molecule has 2 rings (SSSR count). The molecule has 1 aromatic carbocycles. The monoisotopic (exact) mass is 295 g/mol. The van der Waals surface area contributed by atoms with Gasteiger partial charge in [0.1, 0.15) is 12.4 Å². The highest BCUT2D eigenvalue weighted by molar-refractivity contribution is 6.30. The maximum absolute atomic E-state index is 5.99. The molecule has 1 fully saturated rings. The Morgan fingerprint density at radius 3 is 2.85 bits per heavy atom. The van der Waals surface area contributed by atoms with Gasteiger partial charge in [0, 0.05) is 11.1 Å². The highest BCUT2D eigenvalue weighted by atomic mass is 35.5. The lowest BCUT2D eigenvalue weighted by atomic mass is 9.98. The molecule has 0 saturated heterocycles. The van der Waals surface area contributed by atoms with Gasteiger partial charge in [-0.15, -0.1) is 0 Å². The largest absolute Gasteiger partial charge is 0.492 e. The number of nitrogens with one attached hydrogen (secondary N) is 1. The van der Waals surface area contributed by atoms with Crippen LogP contribution in [0.2, 0.25) is 5.02 Å². The summed E-state index contributed by atoms with van der Waals surface area (Å²) in [6.07, 6.45) is 7.99. The Morgan fingerprint density at radius 2 is 2.15 bits per heavy atom. The van der Waals surface area contributed by atoms with Crippen molar-refractivity contribution < 1.29 is 4.74 Å². The van der Waals surface area contributed by atoms with Crippen LogP contribution in [-0.2, 0) is 0 Å². The first-order valence-electron chi connectivity index (χ1n) is 7.89. The van der Waals surface area contributed by atoms with Crippen LogP contribution in [0.25, 0.3) is 0 Å². The van der Waals surface area contributed by atoms with E-state index in [-0.39, 0.29) is 0 Å². The van der Waals surface area contributed by atoms with Crippen LogP contribution in [0.15, 0.2) is 24.3 Å². The Labute approximate surface area is 127 Å². The zero-order valence-electron chi connectivity index (χ0n) is 12.4. The minimum Gasteiger partial charge on any atom is -0.492 e. The van der Waals surface area contributed by atoms with E-state index in [0.29, 0.717) is 6.04 Å². The van der Waals surface area contributed by atoms with Crippen LogP contribution in [0, 0.1) is 5.92 Å². The van der Waals surface area contributed by atoms with E-state index >= 15 is 0 Å². The lowest BCUT2D eigenvalue weighted by Crippen LogP contribution is -2.36. The second-order valence-corrected chi connectivity index (χ2v) is 6.24. The topological polar surface area (TPSA) is 21.3 Å². The molecule has 20 heavy (non-hydrogen) atoms. The second kappa shape index (κ2) is 8.53. The SMILES string of the molecule is CCCNC(COc1cccc(Cl)c1)CC1CCCC1. The van der Waals surface area contributed by atoms with Gasteiger partial charge in [-0.2, -0.15) is 0 Å². The van der Waals surface area contributed by atoms with Gasteiger partial charge in [-0.05, 0) is 43.5 Å². The van der Waals surface area contributed by atoms with Gasteiger partial charge in [0.2, 0.25) is 0 Å². The van der Waals surface area contributed by atoms with E-state index in [1.165, 1.54) is 38.5 Å². The Hall–Kier alpha value is -0.730. The lowest BCUT2D eigenvalue weighted by molar-refractivity contribution is 0.238. The second-order valence-electron chi connectivity index (χ2n) is 5.81. The zero-order chi connectivity index (χ0) is 14.2. The summed E-state index contributed by atoms with van der Waals surface area (Å²) in [4.78, 5) is 0. The fourth-order valence-corrected chi connectivity index (χ4v) is 3.14. The van der Waals surface area contributed by atoms with Crippen molar-refractivity contribution in [2.75, 3.05) is 13.2 Å². The van der Waals surface area contributed by atoms with Crippen molar-refractivity contribution in [3.63, 3.8) is 0 Å². The highest BCUT2D eigenvalue weighted by Gasteiger charge is 2.20. The quantitative estimate of drug-likeness (QED) is 0.752. The summed E-state index contributed by atoms with van der Waals surface area (Å²) in [5.74, 6) is 1.75. The smallest absolute Gasteiger partial charge is 0.120 e. The van der Waals surface area contributed by atoms with Gasteiger partial charge in [0.15, 0.2) is 0 Å². The van der Waals surface area contributed by atoms with Crippen LogP contribution in [-0.4, -0.2) is 19.2 Å². The molecule has 1 unspecified atom stereocenters. The molecular formula is C17H26ClNO. The predicted molar refractivity (Wildman–Crippen MR) is 85.6 cm³/mol. The average molecular weight is 296 g/mol. The molecule has 1 atom stereocenters. The van der Waals surface area contributed by atoms with Crippen molar-refractivity contribution in [1.29, 1.82) is 0 Å². The number of rotatable bonds is 8. The lowest BCUT2D eigenvalue weighted by Gasteiger charge is -2.22. The minimum absolute atomic E-state index is 0.456. The van der Waals surface area contributed by atoms with Gasteiger partial charge in [0.25, 0.3) is 0 Å². The molecule has 1 aliphatic rings. The molecule has 0 aliphatic heterocycles. The van der Waals surface area contributed by atoms with Gasteiger partial charge in [-0.3, -0.25) is 0 Å². The van der Waals surface area contributed by atoms with Gasteiger partial charge in [-0.25, -0.2) is 0 Å². The first-order chi connectivity index (χ1) is 9.78. The van der Waals surface area contributed by atoms with Crippen molar-refractivity contribution in [3.05, 3.63) is 29.3 Å². The molecule has 0 radical (unpaired) electrons. The summed E-state index contributed by atoms with van der Waals surface area (Å²) in [7, 11) is 0. The molecule has 1 saturated carbocycles. The molecule has 1 N–H and O–H groups in total. The first-order valence-corrected chi connectivity index (χ1v) is 8.27. The number of benzene rings is 1. The average Bonchev–Trinajstić information content (AvgIpc) is 2.95. The van der Waals surface area contributed by atoms with Gasteiger partial charge < -0.3 is 10.1 Å². The Morgan fingerprint density at radius 1 is 1.35 bits per heavy atom. The van der Waals surface area contributed by atoms with Crippen LogP contribution in [0.4, 0.5) is 0 Å². The molecular weight excluding hydrogens is 270 g/mol. The Bertz CT molecular complexity index is 390. The normalized spacial score (nSPS) is 17.3. The maximum atomic E-state index is 5.99. The van der Waals surface area contributed by atoms with E-state index in [1.54, 1.807) is 0 Å². The number of hydrogen-bond donors (Lipinski definition) is 1. The van der Waals surface area contributed by atoms with Crippen LogP contribution < -0.4 is 10.1 Å². The minimum atomic E-state index is 0.456. The first kappa shape index (κ1) is 15.7. The maximum Gasteiger partial charge on any atom is 0.120 e. The fourth-order valence-electron chi connectivity index (χ4n) is 2.96. The zero-order valence-corrected chi connectivity index (χ0v) is 13.2. The summed E-state index contributed by atoms with van der Waals surface area (Å²) in [6.45, 7) is 4.00. The van der Waals surface area contributed by atoms with Crippen LogP contribution >= 0.6 is 11.6 Å². The van der Waals surface area contributed by atoms with Gasteiger partial charge in [-0.1, -0.05) is 50.3 Å². The van der Waals surface area contributed by atoms with Crippen molar-refractivity contribution in [1.82, 2.24) is 5.32 Å². The predicted octanol–water partition coefficient (Wildman–Crippen LogP) is 4.67. The standard InChI is InChI=1S/C17H26ClNO/c1-2-10-19-16(11-14-6-3-4-7-14)13-20-17-9-5-8-15(18)12-17/h5,8-9,12,14,16,19H,2-4,6-7,10-11,13H2,1H3. The van der Waals surface area contributed by atoms with Gasteiger partial charge >= 0.3 is 0 Å². The number of halogens is 1. The molecule has 0 spiro atoms. The van der Waals surface area contributed by atoms with E-state index in [0.717, 1.165) is 29.8 Å². The van der Waals surface area contributed by atoms with Crippen molar-refractivity contribution in [2.24, 2.45) is 5.92 Å². The van der Waals surface area contributed by atoms with Crippen molar-refractivity contribution in [2.45, 2.75) is 51.5 Å². The summed E-state index contributed by atoms with van der Waals surface area (Å²) < 4.78 is 5.91. The molecule has 0 heterocycles. The van der Waals surface area contributed by atoms with E-state index in [2.05, 4.69) is 12.2 Å². The van der Waals surface area contributed by atoms with E-state index in [9.17, 15) is 0 Å². The van der Waals surface area contributed by atoms with E-state index < -0.39 is 0 Å². The van der Waals surface area contributed by atoms with Crippen LogP contribution in [0.5, 0.6) is 5.75 Å². The number of ether oxygens (including phenoxy) is 1.